The molecule has 0 radical (unpaired) electrons. The van der Waals surface area contributed by atoms with E-state index in [1.54, 1.807) is 7.11 Å². The Hall–Kier alpha value is 0.137. The summed E-state index contributed by atoms with van der Waals surface area (Å²) in [6.45, 7) is 15.1. The minimum atomic E-state index is -0.970. The van der Waals surface area contributed by atoms with Gasteiger partial charge in [0.25, 0.3) is 0 Å². The highest BCUT2D eigenvalue weighted by Gasteiger charge is 2.29. The van der Waals surface area contributed by atoms with E-state index in [-0.39, 0.29) is 0 Å². The van der Waals surface area contributed by atoms with E-state index >= 15 is 0 Å². The smallest absolute Gasteiger partial charge is 0.0587 e. The normalized spacial score (nSPS) is 16.1. The van der Waals surface area contributed by atoms with Crippen LogP contribution in [0.2, 0.25) is 25.7 Å². The van der Waals surface area contributed by atoms with Crippen molar-refractivity contribution < 1.29 is 4.74 Å². The van der Waals surface area contributed by atoms with Crippen LogP contribution in [0.4, 0.5) is 0 Å². The lowest BCUT2D eigenvalue weighted by atomic mass is 9.87. The summed E-state index contributed by atoms with van der Waals surface area (Å²) in [5, 5.41) is 3.53. The van der Waals surface area contributed by atoms with Crippen LogP contribution in [0, 0.1) is 5.41 Å². The second-order valence-corrected chi connectivity index (χ2v) is 11.9. The number of hydrogen-bond donors (Lipinski definition) is 1. The van der Waals surface area contributed by atoms with Gasteiger partial charge in [-0.15, -0.1) is 0 Å². The SMILES string of the molecule is CCCC(C)(CNCCOC)C[Si](C)(C)C. The van der Waals surface area contributed by atoms with Crippen LogP contribution in [0.1, 0.15) is 26.7 Å². The van der Waals surface area contributed by atoms with Gasteiger partial charge >= 0.3 is 0 Å². The van der Waals surface area contributed by atoms with Crippen LogP contribution in [0.5, 0.6) is 0 Å². The van der Waals surface area contributed by atoms with Gasteiger partial charge in [-0.3, -0.25) is 0 Å². The van der Waals surface area contributed by atoms with E-state index in [1.165, 1.54) is 18.9 Å². The minimum Gasteiger partial charge on any atom is -0.383 e. The third-order valence-electron chi connectivity index (χ3n) is 2.85. The second-order valence-electron chi connectivity index (χ2n) is 6.47. The van der Waals surface area contributed by atoms with E-state index in [2.05, 4.69) is 38.8 Å². The quantitative estimate of drug-likeness (QED) is 0.497. The Bertz CT molecular complexity index is 179. The highest BCUT2D eigenvalue weighted by atomic mass is 28.3. The van der Waals surface area contributed by atoms with Gasteiger partial charge in [0.05, 0.1) is 6.61 Å². The molecule has 98 valence electrons. The molecule has 0 heterocycles. The summed E-state index contributed by atoms with van der Waals surface area (Å²) < 4.78 is 5.06. The first-order valence-electron chi connectivity index (χ1n) is 6.53. The maximum Gasteiger partial charge on any atom is 0.0587 e. The van der Waals surface area contributed by atoms with E-state index in [0.717, 1.165) is 19.7 Å². The summed E-state index contributed by atoms with van der Waals surface area (Å²) in [7, 11) is 0.789. The molecule has 0 aliphatic rings. The Morgan fingerprint density at radius 3 is 2.31 bits per heavy atom. The van der Waals surface area contributed by atoms with Gasteiger partial charge in [0.1, 0.15) is 0 Å². The van der Waals surface area contributed by atoms with Crippen molar-refractivity contribution in [1.82, 2.24) is 5.32 Å². The molecule has 0 fully saturated rings. The summed E-state index contributed by atoms with van der Waals surface area (Å²) in [5.41, 5.74) is 0.479. The van der Waals surface area contributed by atoms with Gasteiger partial charge in [0.15, 0.2) is 0 Å². The average molecular weight is 245 g/mol. The van der Waals surface area contributed by atoms with Crippen LogP contribution >= 0.6 is 0 Å². The van der Waals surface area contributed by atoms with E-state index in [4.69, 9.17) is 4.74 Å². The van der Waals surface area contributed by atoms with E-state index in [1.807, 2.05) is 0 Å². The highest BCUT2D eigenvalue weighted by molar-refractivity contribution is 6.76. The third-order valence-corrected chi connectivity index (χ3v) is 4.76. The van der Waals surface area contributed by atoms with Crippen LogP contribution in [-0.2, 0) is 4.74 Å². The third kappa shape index (κ3) is 8.31. The van der Waals surface area contributed by atoms with Crippen molar-refractivity contribution in [1.29, 1.82) is 0 Å². The molecule has 0 rings (SSSR count). The summed E-state index contributed by atoms with van der Waals surface area (Å²) in [4.78, 5) is 0. The average Bonchev–Trinajstić information content (AvgIpc) is 2.10. The molecule has 0 amide bonds. The van der Waals surface area contributed by atoms with Crippen LogP contribution < -0.4 is 5.32 Å². The van der Waals surface area contributed by atoms with Crippen LogP contribution in [0.3, 0.4) is 0 Å². The Balaban J connectivity index is 4.11. The van der Waals surface area contributed by atoms with Gasteiger partial charge in [-0.05, 0) is 11.8 Å². The molecule has 0 saturated heterocycles. The zero-order valence-corrected chi connectivity index (χ0v) is 13.2. The van der Waals surface area contributed by atoms with Gasteiger partial charge in [0.2, 0.25) is 0 Å². The maximum absolute atomic E-state index is 5.06. The Labute approximate surface area is 103 Å². The summed E-state index contributed by atoms with van der Waals surface area (Å²) in [6.07, 6.45) is 2.62. The van der Waals surface area contributed by atoms with E-state index in [9.17, 15) is 0 Å². The first-order valence-corrected chi connectivity index (χ1v) is 10.2. The minimum absolute atomic E-state index is 0.479. The van der Waals surface area contributed by atoms with Gasteiger partial charge in [0, 0.05) is 28.3 Å². The summed E-state index contributed by atoms with van der Waals surface area (Å²) in [6, 6.07) is 1.41. The molecule has 0 aromatic rings. The highest BCUT2D eigenvalue weighted by Crippen LogP contribution is 2.32. The molecular formula is C13H31NOSi. The van der Waals surface area contributed by atoms with Crippen molar-refractivity contribution in [2.75, 3.05) is 26.8 Å². The van der Waals surface area contributed by atoms with E-state index in [0.29, 0.717) is 5.41 Å². The monoisotopic (exact) mass is 245 g/mol. The lowest BCUT2D eigenvalue weighted by Gasteiger charge is -2.35. The molecular weight excluding hydrogens is 214 g/mol. The topological polar surface area (TPSA) is 21.3 Å². The van der Waals surface area contributed by atoms with Crippen molar-refractivity contribution in [3.63, 3.8) is 0 Å². The molecule has 0 aliphatic carbocycles. The first kappa shape index (κ1) is 16.1. The number of methoxy groups -OCH3 is 1. The number of nitrogens with one attached hydrogen (secondary N) is 1. The van der Waals surface area contributed by atoms with E-state index < -0.39 is 8.07 Å². The predicted molar refractivity (Wildman–Crippen MR) is 75.9 cm³/mol. The largest absolute Gasteiger partial charge is 0.383 e. The standard InChI is InChI=1S/C13H31NOSi/c1-7-8-13(2,12-16(4,5)6)11-14-9-10-15-3/h14H,7-12H2,1-6H3. The number of hydrogen-bond acceptors (Lipinski definition) is 2. The summed E-state index contributed by atoms with van der Waals surface area (Å²) in [5.74, 6) is 0. The molecule has 0 aromatic carbocycles. The second kappa shape index (κ2) is 7.46. The van der Waals surface area contributed by atoms with Crippen molar-refractivity contribution in [2.24, 2.45) is 5.41 Å². The zero-order chi connectivity index (χ0) is 12.7. The van der Waals surface area contributed by atoms with Gasteiger partial charge in [-0.1, -0.05) is 46.0 Å². The molecule has 1 atom stereocenters. The van der Waals surface area contributed by atoms with Crippen LogP contribution in [-0.4, -0.2) is 34.9 Å². The Morgan fingerprint density at radius 2 is 1.88 bits per heavy atom. The molecule has 2 nitrogen and oxygen atoms in total. The molecule has 0 saturated carbocycles. The fourth-order valence-electron chi connectivity index (χ4n) is 2.69. The van der Waals surface area contributed by atoms with Gasteiger partial charge in [-0.25, -0.2) is 0 Å². The summed E-state index contributed by atoms with van der Waals surface area (Å²) >= 11 is 0. The van der Waals surface area contributed by atoms with Gasteiger partial charge in [-0.2, -0.15) is 0 Å². The van der Waals surface area contributed by atoms with Crippen molar-refractivity contribution in [3.8, 4) is 0 Å². The molecule has 0 aromatic heterocycles. The van der Waals surface area contributed by atoms with Gasteiger partial charge < -0.3 is 10.1 Å². The number of rotatable bonds is 9. The predicted octanol–water partition coefficient (Wildman–Crippen LogP) is 3.37. The lowest BCUT2D eigenvalue weighted by molar-refractivity contribution is 0.192. The molecule has 3 heteroatoms. The Morgan fingerprint density at radius 1 is 1.25 bits per heavy atom. The maximum atomic E-state index is 5.06. The molecule has 0 bridgehead atoms. The zero-order valence-electron chi connectivity index (χ0n) is 12.2. The lowest BCUT2D eigenvalue weighted by Crippen LogP contribution is -2.39. The molecule has 1 N–H and O–H groups in total. The fraction of sp³-hybridized carbons (Fsp3) is 1.00. The molecule has 0 aliphatic heterocycles. The Kier molecular flexibility index (Phi) is 7.52. The van der Waals surface area contributed by atoms with Crippen LogP contribution in [0.25, 0.3) is 0 Å². The first-order chi connectivity index (χ1) is 7.33. The van der Waals surface area contributed by atoms with Crippen molar-refractivity contribution in [2.45, 2.75) is 52.4 Å². The fourth-order valence-corrected chi connectivity index (χ4v) is 5.55. The van der Waals surface area contributed by atoms with Crippen molar-refractivity contribution >= 4 is 8.07 Å². The molecule has 0 spiro atoms. The molecule has 16 heavy (non-hydrogen) atoms. The number of ether oxygens (including phenoxy) is 1. The van der Waals surface area contributed by atoms with Crippen LogP contribution in [0.15, 0.2) is 0 Å². The molecule has 1 unspecified atom stereocenters. The van der Waals surface area contributed by atoms with Crippen molar-refractivity contribution in [3.05, 3.63) is 0 Å².